The minimum atomic E-state index is -3.63. The van der Waals surface area contributed by atoms with E-state index in [2.05, 4.69) is 9.71 Å². The molecule has 0 atom stereocenters. The quantitative estimate of drug-likeness (QED) is 0.768. The summed E-state index contributed by atoms with van der Waals surface area (Å²) in [5.74, 6) is 0. The molecule has 1 heterocycles. The highest BCUT2D eigenvalue weighted by Gasteiger charge is 2.16. The average molecular weight is 321 g/mol. The zero-order chi connectivity index (χ0) is 15.0. The van der Waals surface area contributed by atoms with Crippen molar-refractivity contribution in [3.05, 3.63) is 59.2 Å². The van der Waals surface area contributed by atoms with E-state index in [0.717, 1.165) is 10.9 Å². The number of aromatic amines is 1. The van der Waals surface area contributed by atoms with Crippen LogP contribution < -0.4 is 4.72 Å². The molecule has 0 spiro atoms. The molecular formula is C15H13ClN2O2S. The first-order chi connectivity index (χ1) is 9.97. The molecule has 21 heavy (non-hydrogen) atoms. The smallest absolute Gasteiger partial charge is 0.261 e. The summed E-state index contributed by atoms with van der Waals surface area (Å²) in [6.07, 6.45) is 1.63. The van der Waals surface area contributed by atoms with Crippen molar-refractivity contribution >= 4 is 38.2 Å². The van der Waals surface area contributed by atoms with Gasteiger partial charge in [-0.05, 0) is 25.1 Å². The van der Waals surface area contributed by atoms with Crippen LogP contribution in [0.3, 0.4) is 0 Å². The lowest BCUT2D eigenvalue weighted by molar-refractivity contribution is 0.601. The van der Waals surface area contributed by atoms with Gasteiger partial charge in [-0.25, -0.2) is 8.42 Å². The van der Waals surface area contributed by atoms with Gasteiger partial charge in [0.15, 0.2) is 0 Å². The van der Waals surface area contributed by atoms with Crippen molar-refractivity contribution in [2.75, 3.05) is 4.72 Å². The second-order valence-electron chi connectivity index (χ2n) is 4.78. The Labute approximate surface area is 127 Å². The van der Waals surface area contributed by atoms with Crippen LogP contribution >= 0.6 is 11.6 Å². The standard InChI is InChI=1S/C15H13ClN2O2S/c1-10-5-7-11(8-6-10)21(19,20)18-14-4-2-3-12-13(16)9-17-15(12)14/h2-9,17-18H,1H3. The molecule has 2 aromatic carbocycles. The van der Waals surface area contributed by atoms with E-state index < -0.39 is 10.0 Å². The largest absolute Gasteiger partial charge is 0.358 e. The number of anilines is 1. The lowest BCUT2D eigenvalue weighted by Gasteiger charge is -2.09. The van der Waals surface area contributed by atoms with Crippen molar-refractivity contribution in [3.63, 3.8) is 0 Å². The van der Waals surface area contributed by atoms with Crippen LogP contribution in [0.25, 0.3) is 10.9 Å². The van der Waals surface area contributed by atoms with Crippen molar-refractivity contribution in [1.82, 2.24) is 4.98 Å². The van der Waals surface area contributed by atoms with Crippen LogP contribution in [0.4, 0.5) is 5.69 Å². The number of aromatic nitrogens is 1. The maximum Gasteiger partial charge on any atom is 0.261 e. The Balaban J connectivity index is 2.03. The molecule has 0 radical (unpaired) electrons. The second-order valence-corrected chi connectivity index (χ2v) is 6.87. The number of halogens is 1. The molecule has 0 aliphatic rings. The molecule has 0 aliphatic heterocycles. The molecule has 3 rings (SSSR count). The molecule has 6 heteroatoms. The van der Waals surface area contributed by atoms with Gasteiger partial charge in [-0.3, -0.25) is 4.72 Å². The molecule has 2 N–H and O–H groups in total. The van der Waals surface area contributed by atoms with Gasteiger partial charge in [-0.1, -0.05) is 41.4 Å². The zero-order valence-corrected chi connectivity index (χ0v) is 12.8. The molecule has 0 aliphatic carbocycles. The van der Waals surface area contributed by atoms with Gasteiger partial charge < -0.3 is 4.98 Å². The van der Waals surface area contributed by atoms with Gasteiger partial charge >= 0.3 is 0 Å². The van der Waals surface area contributed by atoms with E-state index in [1.807, 2.05) is 13.0 Å². The van der Waals surface area contributed by atoms with E-state index in [0.29, 0.717) is 16.2 Å². The highest BCUT2D eigenvalue weighted by atomic mass is 35.5. The maximum atomic E-state index is 12.4. The molecule has 3 aromatic rings. The Bertz CT molecular complexity index is 899. The molecule has 0 unspecified atom stereocenters. The molecule has 0 fully saturated rings. The zero-order valence-electron chi connectivity index (χ0n) is 11.2. The summed E-state index contributed by atoms with van der Waals surface area (Å²) < 4.78 is 27.4. The van der Waals surface area contributed by atoms with E-state index >= 15 is 0 Å². The van der Waals surface area contributed by atoms with Gasteiger partial charge in [-0.2, -0.15) is 0 Å². The van der Waals surface area contributed by atoms with Gasteiger partial charge in [0, 0.05) is 11.6 Å². The fourth-order valence-electron chi connectivity index (χ4n) is 2.13. The Morgan fingerprint density at radius 2 is 1.81 bits per heavy atom. The molecule has 0 saturated carbocycles. The Kier molecular flexibility index (Phi) is 3.39. The molecule has 4 nitrogen and oxygen atoms in total. The summed E-state index contributed by atoms with van der Waals surface area (Å²) in [4.78, 5) is 3.21. The highest BCUT2D eigenvalue weighted by molar-refractivity contribution is 7.92. The first-order valence-electron chi connectivity index (χ1n) is 6.32. The molecule has 0 saturated heterocycles. The third kappa shape index (κ3) is 2.62. The van der Waals surface area contributed by atoms with Crippen LogP contribution in [0.1, 0.15) is 5.56 Å². The third-order valence-corrected chi connectivity index (χ3v) is 4.93. The Morgan fingerprint density at radius 3 is 2.52 bits per heavy atom. The van der Waals surface area contributed by atoms with Crippen molar-refractivity contribution in [1.29, 1.82) is 0 Å². The molecule has 0 bridgehead atoms. The highest BCUT2D eigenvalue weighted by Crippen LogP contribution is 2.29. The van der Waals surface area contributed by atoms with E-state index in [4.69, 9.17) is 11.6 Å². The number of hydrogen-bond acceptors (Lipinski definition) is 2. The first-order valence-corrected chi connectivity index (χ1v) is 8.18. The Hall–Kier alpha value is -1.98. The predicted molar refractivity (Wildman–Crippen MR) is 85.3 cm³/mol. The lowest BCUT2D eigenvalue weighted by atomic mass is 10.2. The second kappa shape index (κ2) is 5.09. The third-order valence-electron chi connectivity index (χ3n) is 3.24. The Morgan fingerprint density at radius 1 is 1.10 bits per heavy atom. The molecule has 1 aromatic heterocycles. The average Bonchev–Trinajstić information content (AvgIpc) is 2.82. The van der Waals surface area contributed by atoms with E-state index in [1.54, 1.807) is 42.6 Å². The minimum Gasteiger partial charge on any atom is -0.358 e. The van der Waals surface area contributed by atoms with Gasteiger partial charge in [0.25, 0.3) is 10.0 Å². The summed E-state index contributed by atoms with van der Waals surface area (Å²) in [6.45, 7) is 1.91. The topological polar surface area (TPSA) is 62.0 Å². The summed E-state index contributed by atoms with van der Waals surface area (Å²) in [5, 5.41) is 1.34. The van der Waals surface area contributed by atoms with Gasteiger partial charge in [-0.15, -0.1) is 0 Å². The number of benzene rings is 2. The predicted octanol–water partition coefficient (Wildman–Crippen LogP) is 3.93. The van der Waals surface area contributed by atoms with Crippen molar-refractivity contribution < 1.29 is 8.42 Å². The van der Waals surface area contributed by atoms with Gasteiger partial charge in [0.2, 0.25) is 0 Å². The number of sulfonamides is 1. The minimum absolute atomic E-state index is 0.225. The van der Waals surface area contributed by atoms with Crippen molar-refractivity contribution in [2.24, 2.45) is 0 Å². The number of nitrogens with one attached hydrogen (secondary N) is 2. The normalized spacial score (nSPS) is 11.7. The van der Waals surface area contributed by atoms with Crippen molar-refractivity contribution in [2.45, 2.75) is 11.8 Å². The molecule has 0 amide bonds. The summed E-state index contributed by atoms with van der Waals surface area (Å²) in [5.41, 5.74) is 2.14. The number of para-hydroxylation sites is 1. The van der Waals surface area contributed by atoms with Crippen LogP contribution in [0.2, 0.25) is 5.02 Å². The van der Waals surface area contributed by atoms with E-state index in [-0.39, 0.29) is 4.90 Å². The first kappa shape index (κ1) is 14.0. The number of rotatable bonds is 3. The van der Waals surface area contributed by atoms with Crippen LogP contribution in [0.5, 0.6) is 0 Å². The maximum absolute atomic E-state index is 12.4. The fraction of sp³-hybridized carbons (Fsp3) is 0.0667. The lowest BCUT2D eigenvalue weighted by Crippen LogP contribution is -2.13. The van der Waals surface area contributed by atoms with Crippen LogP contribution in [0, 0.1) is 6.92 Å². The van der Waals surface area contributed by atoms with Gasteiger partial charge in [0.05, 0.1) is 21.1 Å². The van der Waals surface area contributed by atoms with Crippen LogP contribution in [-0.4, -0.2) is 13.4 Å². The van der Waals surface area contributed by atoms with Crippen LogP contribution in [-0.2, 0) is 10.0 Å². The molecular weight excluding hydrogens is 308 g/mol. The number of hydrogen-bond donors (Lipinski definition) is 2. The number of H-pyrrole nitrogens is 1. The number of aryl methyl sites for hydroxylation is 1. The van der Waals surface area contributed by atoms with Crippen LogP contribution in [0.15, 0.2) is 53.6 Å². The molecule has 108 valence electrons. The van der Waals surface area contributed by atoms with E-state index in [1.165, 1.54) is 0 Å². The number of fused-ring (bicyclic) bond motifs is 1. The fourth-order valence-corrected chi connectivity index (χ4v) is 3.41. The monoisotopic (exact) mass is 320 g/mol. The van der Waals surface area contributed by atoms with Crippen molar-refractivity contribution in [3.8, 4) is 0 Å². The summed E-state index contributed by atoms with van der Waals surface area (Å²) in [6, 6.07) is 12.0. The summed E-state index contributed by atoms with van der Waals surface area (Å²) in [7, 11) is -3.63. The SMILES string of the molecule is Cc1ccc(S(=O)(=O)Nc2cccc3c(Cl)c[nH]c23)cc1. The van der Waals surface area contributed by atoms with E-state index in [9.17, 15) is 8.42 Å². The van der Waals surface area contributed by atoms with Gasteiger partial charge in [0.1, 0.15) is 0 Å². The summed E-state index contributed by atoms with van der Waals surface area (Å²) >= 11 is 6.04.